The average molecular weight is 345 g/mol. The number of carbonyl (C=O) groups excluding carboxylic acids is 1. The molecule has 2 rings (SSSR count). The van der Waals surface area contributed by atoms with Crippen molar-refractivity contribution in [2.45, 2.75) is 71.3 Å². The van der Waals surface area contributed by atoms with Crippen LogP contribution in [-0.4, -0.2) is 47.9 Å². The van der Waals surface area contributed by atoms with E-state index in [9.17, 15) is 4.79 Å². The first kappa shape index (κ1) is 20.0. The van der Waals surface area contributed by atoms with Crippen molar-refractivity contribution in [2.75, 3.05) is 26.2 Å². The second-order valence-electron chi connectivity index (χ2n) is 7.47. The van der Waals surface area contributed by atoms with Crippen molar-refractivity contribution in [1.29, 1.82) is 0 Å². The number of carbonyl (C=O) groups is 1. The lowest BCUT2D eigenvalue weighted by Crippen LogP contribution is -2.37. The third-order valence-corrected chi connectivity index (χ3v) is 5.30. The van der Waals surface area contributed by atoms with Crippen molar-refractivity contribution in [3.05, 3.63) is 35.9 Å². The first-order valence-corrected chi connectivity index (χ1v) is 10.3. The van der Waals surface area contributed by atoms with Crippen LogP contribution in [-0.2, 0) is 11.2 Å². The minimum Gasteiger partial charge on any atom is -0.343 e. The molecule has 1 atom stereocenters. The van der Waals surface area contributed by atoms with Crippen LogP contribution in [0.1, 0.15) is 64.4 Å². The van der Waals surface area contributed by atoms with E-state index in [0.29, 0.717) is 11.9 Å². The van der Waals surface area contributed by atoms with Gasteiger partial charge in [0.05, 0.1) is 0 Å². The van der Waals surface area contributed by atoms with Gasteiger partial charge in [0.15, 0.2) is 0 Å². The maximum atomic E-state index is 12.1. The average Bonchev–Trinajstić information content (AvgIpc) is 2.83. The Morgan fingerprint density at radius 1 is 1.08 bits per heavy atom. The number of hydrogen-bond acceptors (Lipinski definition) is 2. The third-order valence-electron chi connectivity index (χ3n) is 5.30. The Labute approximate surface area is 154 Å². The third kappa shape index (κ3) is 7.19. The molecule has 1 saturated heterocycles. The molecule has 0 spiro atoms. The normalized spacial score (nSPS) is 16.9. The molecule has 1 fully saturated rings. The molecule has 0 bridgehead atoms. The van der Waals surface area contributed by atoms with Crippen LogP contribution in [0.3, 0.4) is 0 Å². The zero-order valence-electron chi connectivity index (χ0n) is 16.3. The van der Waals surface area contributed by atoms with E-state index in [0.717, 1.165) is 51.9 Å². The second-order valence-corrected chi connectivity index (χ2v) is 7.47. The Balaban J connectivity index is 1.73. The number of benzene rings is 1. The molecule has 1 aliphatic rings. The smallest absolute Gasteiger partial charge is 0.222 e. The number of rotatable bonds is 10. The summed E-state index contributed by atoms with van der Waals surface area (Å²) in [4.78, 5) is 16.8. The van der Waals surface area contributed by atoms with Crippen LogP contribution in [0.15, 0.2) is 30.3 Å². The summed E-state index contributed by atoms with van der Waals surface area (Å²) in [6.45, 7) is 8.84. The molecule has 0 aliphatic carbocycles. The predicted molar refractivity (Wildman–Crippen MR) is 106 cm³/mol. The Bertz CT molecular complexity index is 488. The van der Waals surface area contributed by atoms with Crippen molar-refractivity contribution < 1.29 is 4.79 Å². The quantitative estimate of drug-likeness (QED) is 0.583. The van der Waals surface area contributed by atoms with Crippen LogP contribution < -0.4 is 0 Å². The maximum absolute atomic E-state index is 12.1. The van der Waals surface area contributed by atoms with Crippen molar-refractivity contribution in [3.63, 3.8) is 0 Å². The lowest BCUT2D eigenvalue weighted by atomic mass is 10.1. The van der Waals surface area contributed by atoms with Gasteiger partial charge in [0.2, 0.25) is 5.91 Å². The molecule has 1 aromatic carbocycles. The zero-order valence-corrected chi connectivity index (χ0v) is 16.3. The number of likely N-dealkylation sites (tertiary alicyclic amines) is 1. The van der Waals surface area contributed by atoms with Gasteiger partial charge in [-0.25, -0.2) is 0 Å². The molecule has 1 amide bonds. The highest BCUT2D eigenvalue weighted by Crippen LogP contribution is 2.13. The van der Waals surface area contributed by atoms with E-state index in [2.05, 4.69) is 54.0 Å². The fraction of sp³-hybridized carbons (Fsp3) is 0.682. The molecule has 1 aromatic rings. The summed E-state index contributed by atoms with van der Waals surface area (Å²) in [5, 5.41) is 0. The predicted octanol–water partition coefficient (Wildman–Crippen LogP) is 4.51. The van der Waals surface area contributed by atoms with Crippen LogP contribution in [0, 0.1) is 0 Å². The Hall–Kier alpha value is -1.35. The molecule has 0 saturated carbocycles. The summed E-state index contributed by atoms with van der Waals surface area (Å²) < 4.78 is 0. The van der Waals surface area contributed by atoms with Gasteiger partial charge in [-0.3, -0.25) is 4.79 Å². The van der Waals surface area contributed by atoms with Gasteiger partial charge in [-0.1, -0.05) is 43.7 Å². The largest absolute Gasteiger partial charge is 0.343 e. The Morgan fingerprint density at radius 2 is 1.88 bits per heavy atom. The monoisotopic (exact) mass is 344 g/mol. The molecule has 0 radical (unpaired) electrons. The fourth-order valence-corrected chi connectivity index (χ4v) is 3.82. The molecule has 3 nitrogen and oxygen atoms in total. The molecule has 140 valence electrons. The molecule has 0 aromatic heterocycles. The van der Waals surface area contributed by atoms with Gasteiger partial charge < -0.3 is 9.80 Å². The SMILES string of the molecule is CCCN(CCCCN1CCCCCC1=O)C(C)Cc1ccccc1. The highest BCUT2D eigenvalue weighted by molar-refractivity contribution is 5.76. The standard InChI is InChI=1S/C22H36N2O/c1-3-15-23(20(2)19-21-12-6-4-7-13-21)16-10-11-18-24-17-9-5-8-14-22(24)25/h4,6-7,12-13,20H,3,5,8-11,14-19H2,1-2H3. The van der Waals surface area contributed by atoms with E-state index in [1.807, 2.05) is 0 Å². The van der Waals surface area contributed by atoms with Gasteiger partial charge in [0.1, 0.15) is 0 Å². The lowest BCUT2D eigenvalue weighted by Gasteiger charge is -2.29. The number of amides is 1. The molecule has 1 aliphatic heterocycles. The molecule has 1 unspecified atom stereocenters. The highest BCUT2D eigenvalue weighted by Gasteiger charge is 2.17. The first-order valence-electron chi connectivity index (χ1n) is 10.3. The molecule has 1 heterocycles. The van der Waals surface area contributed by atoms with E-state index in [1.165, 1.54) is 31.2 Å². The molecular weight excluding hydrogens is 308 g/mol. The van der Waals surface area contributed by atoms with Crippen LogP contribution in [0.4, 0.5) is 0 Å². The topological polar surface area (TPSA) is 23.6 Å². The van der Waals surface area contributed by atoms with Crippen LogP contribution in [0.5, 0.6) is 0 Å². The number of unbranched alkanes of at least 4 members (excludes halogenated alkanes) is 1. The van der Waals surface area contributed by atoms with Gasteiger partial charge >= 0.3 is 0 Å². The minimum atomic E-state index is 0.375. The van der Waals surface area contributed by atoms with Crippen molar-refractivity contribution in [3.8, 4) is 0 Å². The van der Waals surface area contributed by atoms with Crippen LogP contribution in [0.2, 0.25) is 0 Å². The van der Waals surface area contributed by atoms with Gasteiger partial charge in [-0.15, -0.1) is 0 Å². The van der Waals surface area contributed by atoms with Crippen molar-refractivity contribution >= 4 is 5.91 Å². The maximum Gasteiger partial charge on any atom is 0.222 e. The summed E-state index contributed by atoms with van der Waals surface area (Å²) in [7, 11) is 0. The number of nitrogens with zero attached hydrogens (tertiary/aromatic N) is 2. The molecule has 3 heteroatoms. The Morgan fingerprint density at radius 3 is 2.64 bits per heavy atom. The molecular formula is C22H36N2O. The minimum absolute atomic E-state index is 0.375. The lowest BCUT2D eigenvalue weighted by molar-refractivity contribution is -0.130. The van der Waals surface area contributed by atoms with E-state index in [4.69, 9.17) is 0 Å². The molecule has 0 N–H and O–H groups in total. The van der Waals surface area contributed by atoms with E-state index in [1.54, 1.807) is 0 Å². The van der Waals surface area contributed by atoms with Gasteiger partial charge in [-0.2, -0.15) is 0 Å². The first-order chi connectivity index (χ1) is 12.2. The number of hydrogen-bond donors (Lipinski definition) is 0. The second kappa shape index (κ2) is 11.3. The summed E-state index contributed by atoms with van der Waals surface area (Å²) in [5.41, 5.74) is 1.42. The van der Waals surface area contributed by atoms with Crippen LogP contribution >= 0.6 is 0 Å². The summed E-state index contributed by atoms with van der Waals surface area (Å²) >= 11 is 0. The fourth-order valence-electron chi connectivity index (χ4n) is 3.82. The van der Waals surface area contributed by atoms with E-state index < -0.39 is 0 Å². The summed E-state index contributed by atoms with van der Waals surface area (Å²) in [6.07, 6.45) is 8.86. The van der Waals surface area contributed by atoms with Gasteiger partial charge in [-0.05, 0) is 64.1 Å². The summed E-state index contributed by atoms with van der Waals surface area (Å²) in [5.74, 6) is 0.375. The highest BCUT2D eigenvalue weighted by atomic mass is 16.2. The zero-order chi connectivity index (χ0) is 17.9. The van der Waals surface area contributed by atoms with Crippen molar-refractivity contribution in [2.24, 2.45) is 0 Å². The Kier molecular flexibility index (Phi) is 9.03. The molecule has 25 heavy (non-hydrogen) atoms. The van der Waals surface area contributed by atoms with Gasteiger partial charge in [0.25, 0.3) is 0 Å². The van der Waals surface area contributed by atoms with Crippen LogP contribution in [0.25, 0.3) is 0 Å². The van der Waals surface area contributed by atoms with E-state index >= 15 is 0 Å². The van der Waals surface area contributed by atoms with Gasteiger partial charge in [0, 0.05) is 25.6 Å². The summed E-state index contributed by atoms with van der Waals surface area (Å²) in [6, 6.07) is 11.4. The van der Waals surface area contributed by atoms with E-state index in [-0.39, 0.29) is 0 Å². The van der Waals surface area contributed by atoms with Crippen molar-refractivity contribution in [1.82, 2.24) is 9.80 Å².